The smallest absolute Gasteiger partial charge is 0.309 e. The van der Waals surface area contributed by atoms with Crippen molar-refractivity contribution in [3.63, 3.8) is 0 Å². The van der Waals surface area contributed by atoms with Gasteiger partial charge in [0.05, 0.1) is 12.5 Å². The summed E-state index contributed by atoms with van der Waals surface area (Å²) in [4.78, 5) is 11.3. The first-order valence-electron chi connectivity index (χ1n) is 4.90. The summed E-state index contributed by atoms with van der Waals surface area (Å²) in [6.45, 7) is 5.10. The first kappa shape index (κ1) is 8.09. The van der Waals surface area contributed by atoms with Crippen molar-refractivity contribution in [1.29, 1.82) is 0 Å². The average Bonchev–Trinajstić information content (AvgIpc) is 2.56. The summed E-state index contributed by atoms with van der Waals surface area (Å²) >= 11 is 0. The summed E-state index contributed by atoms with van der Waals surface area (Å²) < 4.78 is 5.08. The Labute approximate surface area is 73.3 Å². The monoisotopic (exact) mass is 168 g/mol. The van der Waals surface area contributed by atoms with E-state index in [1.165, 1.54) is 6.42 Å². The highest BCUT2D eigenvalue weighted by atomic mass is 16.5. The van der Waals surface area contributed by atoms with Crippen LogP contribution in [0.4, 0.5) is 0 Å². The molecule has 0 amide bonds. The topological polar surface area (TPSA) is 26.3 Å². The van der Waals surface area contributed by atoms with E-state index in [0.29, 0.717) is 24.4 Å². The fraction of sp³-hybridized carbons (Fsp3) is 0.900. The van der Waals surface area contributed by atoms with Gasteiger partial charge in [-0.3, -0.25) is 4.79 Å². The molecule has 0 bridgehead atoms. The van der Waals surface area contributed by atoms with Crippen molar-refractivity contribution in [2.75, 3.05) is 6.61 Å². The van der Waals surface area contributed by atoms with Crippen LogP contribution in [0, 0.1) is 23.7 Å². The summed E-state index contributed by atoms with van der Waals surface area (Å²) in [5.41, 5.74) is 0. The van der Waals surface area contributed by atoms with Gasteiger partial charge in [0.2, 0.25) is 0 Å². The van der Waals surface area contributed by atoms with E-state index in [-0.39, 0.29) is 11.9 Å². The molecule has 0 spiro atoms. The quantitative estimate of drug-likeness (QED) is 0.558. The van der Waals surface area contributed by atoms with Crippen LogP contribution in [0.15, 0.2) is 0 Å². The molecule has 2 nitrogen and oxygen atoms in total. The van der Waals surface area contributed by atoms with E-state index in [1.807, 2.05) is 0 Å². The molecule has 2 aliphatic rings. The number of fused-ring (bicyclic) bond motifs is 1. The van der Waals surface area contributed by atoms with E-state index in [9.17, 15) is 4.79 Å². The van der Waals surface area contributed by atoms with Crippen molar-refractivity contribution in [1.82, 2.24) is 0 Å². The fourth-order valence-electron chi connectivity index (χ4n) is 2.83. The van der Waals surface area contributed by atoms with Crippen molar-refractivity contribution in [3.8, 4) is 0 Å². The number of hydrogen-bond acceptors (Lipinski definition) is 2. The second-order valence-corrected chi connectivity index (χ2v) is 4.20. The van der Waals surface area contributed by atoms with Gasteiger partial charge in [0.15, 0.2) is 0 Å². The number of carbonyl (C=O) groups is 1. The highest BCUT2D eigenvalue weighted by molar-refractivity contribution is 5.75. The molecule has 2 heteroatoms. The minimum Gasteiger partial charge on any atom is -0.465 e. The van der Waals surface area contributed by atoms with Crippen LogP contribution in [0.25, 0.3) is 0 Å². The Bertz CT molecular complexity index is 200. The van der Waals surface area contributed by atoms with Crippen molar-refractivity contribution >= 4 is 5.97 Å². The van der Waals surface area contributed by atoms with Gasteiger partial charge in [0, 0.05) is 5.92 Å². The highest BCUT2D eigenvalue weighted by Gasteiger charge is 2.49. The number of carbonyl (C=O) groups excluding carboxylic acids is 1. The maximum absolute atomic E-state index is 11.3. The van der Waals surface area contributed by atoms with E-state index in [4.69, 9.17) is 4.74 Å². The van der Waals surface area contributed by atoms with Gasteiger partial charge in [-0.15, -0.1) is 0 Å². The molecule has 0 radical (unpaired) electrons. The summed E-state index contributed by atoms with van der Waals surface area (Å²) in [7, 11) is 0. The Morgan fingerprint density at radius 3 is 3.00 bits per heavy atom. The second kappa shape index (κ2) is 2.75. The molecule has 0 aromatic heterocycles. The van der Waals surface area contributed by atoms with Crippen LogP contribution < -0.4 is 0 Å². The minimum absolute atomic E-state index is 0.0659. The summed E-state index contributed by atoms with van der Waals surface area (Å²) in [6.07, 6.45) is 2.35. The number of cyclic esters (lactones) is 1. The number of esters is 1. The molecule has 68 valence electrons. The minimum atomic E-state index is 0.0659. The van der Waals surface area contributed by atoms with Crippen LogP contribution in [0.2, 0.25) is 0 Å². The Morgan fingerprint density at radius 1 is 1.58 bits per heavy atom. The van der Waals surface area contributed by atoms with Crippen molar-refractivity contribution in [2.45, 2.75) is 26.7 Å². The van der Waals surface area contributed by atoms with Crippen LogP contribution >= 0.6 is 0 Å². The molecular formula is C10H16O2. The third-order valence-electron chi connectivity index (χ3n) is 3.59. The van der Waals surface area contributed by atoms with E-state index in [1.54, 1.807) is 0 Å². The van der Waals surface area contributed by atoms with Crippen LogP contribution in [-0.2, 0) is 9.53 Å². The van der Waals surface area contributed by atoms with E-state index >= 15 is 0 Å². The largest absolute Gasteiger partial charge is 0.465 e. The van der Waals surface area contributed by atoms with Gasteiger partial charge in [-0.1, -0.05) is 20.3 Å². The summed E-state index contributed by atoms with van der Waals surface area (Å²) in [5, 5.41) is 0. The van der Waals surface area contributed by atoms with Gasteiger partial charge in [-0.05, 0) is 18.3 Å². The van der Waals surface area contributed by atoms with E-state index in [2.05, 4.69) is 13.8 Å². The van der Waals surface area contributed by atoms with Gasteiger partial charge in [0.1, 0.15) is 0 Å². The molecule has 2 fully saturated rings. The molecule has 1 saturated heterocycles. The predicted octanol–water partition coefficient (Wildman–Crippen LogP) is 1.84. The molecule has 1 aliphatic heterocycles. The lowest BCUT2D eigenvalue weighted by atomic mass is 9.89. The molecule has 0 aromatic carbocycles. The standard InChI is InChI=1S/C10H16O2/c1-3-7-4-6(2)8-5-12-10(11)9(7)8/h6-9H,3-5H2,1-2H3. The Balaban J connectivity index is 2.18. The molecular weight excluding hydrogens is 152 g/mol. The lowest BCUT2D eigenvalue weighted by Gasteiger charge is -2.11. The summed E-state index contributed by atoms with van der Waals surface area (Å²) in [6, 6.07) is 0. The lowest BCUT2D eigenvalue weighted by molar-refractivity contribution is -0.142. The number of rotatable bonds is 1. The SMILES string of the molecule is CCC1CC(C)C2COC(=O)C12. The van der Waals surface area contributed by atoms with E-state index < -0.39 is 0 Å². The third-order valence-corrected chi connectivity index (χ3v) is 3.59. The van der Waals surface area contributed by atoms with Gasteiger partial charge in [-0.2, -0.15) is 0 Å². The summed E-state index contributed by atoms with van der Waals surface area (Å²) in [5.74, 6) is 2.12. The Kier molecular flexibility index (Phi) is 1.85. The van der Waals surface area contributed by atoms with Gasteiger partial charge in [-0.25, -0.2) is 0 Å². The highest BCUT2D eigenvalue weighted by Crippen LogP contribution is 2.46. The molecule has 4 atom stereocenters. The van der Waals surface area contributed by atoms with Crippen molar-refractivity contribution in [2.24, 2.45) is 23.7 Å². The number of hydrogen-bond donors (Lipinski definition) is 0. The van der Waals surface area contributed by atoms with Gasteiger partial charge < -0.3 is 4.74 Å². The predicted molar refractivity (Wildman–Crippen MR) is 45.5 cm³/mol. The van der Waals surface area contributed by atoms with Crippen LogP contribution in [0.5, 0.6) is 0 Å². The maximum Gasteiger partial charge on any atom is 0.309 e. The zero-order chi connectivity index (χ0) is 8.72. The van der Waals surface area contributed by atoms with Crippen LogP contribution in [-0.4, -0.2) is 12.6 Å². The van der Waals surface area contributed by atoms with Crippen LogP contribution in [0.1, 0.15) is 26.7 Å². The molecule has 2 rings (SSSR count). The molecule has 1 aliphatic carbocycles. The number of ether oxygens (including phenoxy) is 1. The first-order chi connectivity index (χ1) is 5.74. The van der Waals surface area contributed by atoms with Gasteiger partial charge in [0.25, 0.3) is 0 Å². The second-order valence-electron chi connectivity index (χ2n) is 4.20. The molecule has 4 unspecified atom stereocenters. The Morgan fingerprint density at radius 2 is 2.33 bits per heavy atom. The molecule has 0 aromatic rings. The van der Waals surface area contributed by atoms with Gasteiger partial charge >= 0.3 is 5.97 Å². The fourth-order valence-corrected chi connectivity index (χ4v) is 2.83. The zero-order valence-corrected chi connectivity index (χ0v) is 7.75. The van der Waals surface area contributed by atoms with E-state index in [0.717, 1.165) is 6.42 Å². The maximum atomic E-state index is 11.3. The van der Waals surface area contributed by atoms with Crippen LogP contribution in [0.3, 0.4) is 0 Å². The first-order valence-corrected chi connectivity index (χ1v) is 4.90. The Hall–Kier alpha value is -0.530. The normalized spacial score (nSPS) is 46.0. The average molecular weight is 168 g/mol. The molecule has 0 N–H and O–H groups in total. The van der Waals surface area contributed by atoms with Crippen molar-refractivity contribution < 1.29 is 9.53 Å². The molecule has 1 saturated carbocycles. The van der Waals surface area contributed by atoms with Crippen molar-refractivity contribution in [3.05, 3.63) is 0 Å². The third kappa shape index (κ3) is 0.970. The molecule has 12 heavy (non-hydrogen) atoms. The lowest BCUT2D eigenvalue weighted by Crippen LogP contribution is -2.18. The zero-order valence-electron chi connectivity index (χ0n) is 7.75. The molecule has 1 heterocycles.